The molecule has 0 saturated heterocycles. The molecule has 2 unspecified atom stereocenters. The van der Waals surface area contributed by atoms with Gasteiger partial charge >= 0.3 is 0 Å². The third-order valence-electron chi connectivity index (χ3n) is 3.28. The third-order valence-corrected chi connectivity index (χ3v) is 4.88. The van der Waals surface area contributed by atoms with Gasteiger partial charge in [-0.2, -0.15) is 0 Å². The van der Waals surface area contributed by atoms with E-state index in [2.05, 4.69) is 31.3 Å². The fraction of sp³-hybridized carbons (Fsp3) is 0.375. The van der Waals surface area contributed by atoms with Gasteiger partial charge in [0, 0.05) is 37.9 Å². The molecule has 1 heterocycles. The lowest BCUT2D eigenvalue weighted by Gasteiger charge is -2.18. The summed E-state index contributed by atoms with van der Waals surface area (Å²) in [6, 6.07) is 9.71. The van der Waals surface area contributed by atoms with Gasteiger partial charge in [0.05, 0.1) is 6.10 Å². The van der Waals surface area contributed by atoms with Gasteiger partial charge in [0.2, 0.25) is 0 Å². The first-order valence-electron chi connectivity index (χ1n) is 6.87. The quantitative estimate of drug-likeness (QED) is 0.802. The first-order chi connectivity index (χ1) is 9.95. The second kappa shape index (κ2) is 7.61. The molecule has 0 radical (unpaired) electrons. The van der Waals surface area contributed by atoms with Gasteiger partial charge in [-0.05, 0) is 50.6 Å². The lowest BCUT2D eigenvalue weighted by molar-refractivity contribution is 0.171. The summed E-state index contributed by atoms with van der Waals surface area (Å²) in [5, 5.41) is 14.7. The summed E-state index contributed by atoms with van der Waals surface area (Å²) in [5.74, 6) is 0. The van der Waals surface area contributed by atoms with Crippen molar-refractivity contribution in [3.8, 4) is 0 Å². The predicted octanol–water partition coefficient (Wildman–Crippen LogP) is 4.62. The normalized spacial score (nSPS) is 14.1. The zero-order valence-corrected chi connectivity index (χ0v) is 14.4. The molecule has 0 aliphatic rings. The number of aliphatic hydroxyl groups excluding tert-OH is 1. The highest BCUT2D eigenvalue weighted by atomic mass is 35.5. The van der Waals surface area contributed by atoms with Crippen LogP contribution in [0.25, 0.3) is 0 Å². The summed E-state index contributed by atoms with van der Waals surface area (Å²) in [5.41, 5.74) is 0.663. The Labute approximate surface area is 139 Å². The van der Waals surface area contributed by atoms with Gasteiger partial charge in [-0.3, -0.25) is 0 Å². The van der Waals surface area contributed by atoms with Gasteiger partial charge in [0.25, 0.3) is 0 Å². The predicted molar refractivity (Wildman–Crippen MR) is 91.6 cm³/mol. The molecule has 1 aromatic carbocycles. The molecular weight excluding hydrogens is 325 g/mol. The maximum absolute atomic E-state index is 10.2. The Morgan fingerprint density at radius 3 is 2.67 bits per heavy atom. The summed E-state index contributed by atoms with van der Waals surface area (Å²) in [6.07, 6.45) is 0.290. The smallest absolute Gasteiger partial charge is 0.0929 e. The number of nitrogens with one attached hydrogen (secondary N) is 1. The lowest BCUT2D eigenvalue weighted by atomic mass is 10.1. The Morgan fingerprint density at radius 2 is 2.00 bits per heavy atom. The van der Waals surface area contributed by atoms with E-state index >= 15 is 0 Å². The van der Waals surface area contributed by atoms with Crippen molar-refractivity contribution in [3.63, 3.8) is 0 Å². The molecule has 21 heavy (non-hydrogen) atoms. The van der Waals surface area contributed by atoms with Crippen LogP contribution in [0.5, 0.6) is 0 Å². The highest BCUT2D eigenvalue weighted by molar-refractivity contribution is 7.11. The Morgan fingerprint density at radius 1 is 1.24 bits per heavy atom. The number of aryl methyl sites for hydroxylation is 1. The molecule has 0 saturated carbocycles. The Kier molecular flexibility index (Phi) is 6.08. The minimum absolute atomic E-state index is 0.288. The molecule has 0 aliphatic heterocycles. The minimum atomic E-state index is -0.663. The first kappa shape index (κ1) is 16.8. The number of benzene rings is 1. The van der Waals surface area contributed by atoms with Crippen LogP contribution < -0.4 is 5.32 Å². The molecule has 1 aromatic heterocycles. The number of hydrogen-bond acceptors (Lipinski definition) is 3. The zero-order chi connectivity index (χ0) is 15.4. The average molecular weight is 344 g/mol. The molecule has 0 amide bonds. The van der Waals surface area contributed by atoms with Crippen LogP contribution >= 0.6 is 34.5 Å². The maximum Gasteiger partial charge on any atom is 0.0929 e. The Bertz CT molecular complexity index is 600. The van der Waals surface area contributed by atoms with E-state index in [1.807, 2.05) is 11.3 Å². The molecule has 0 aliphatic carbocycles. The minimum Gasteiger partial charge on any atom is -0.387 e. The van der Waals surface area contributed by atoms with Gasteiger partial charge in [-0.25, -0.2) is 0 Å². The average Bonchev–Trinajstić information content (AvgIpc) is 2.84. The summed E-state index contributed by atoms with van der Waals surface area (Å²) in [4.78, 5) is 2.67. The van der Waals surface area contributed by atoms with Crippen LogP contribution in [0, 0.1) is 6.92 Å². The Balaban J connectivity index is 1.88. The van der Waals surface area contributed by atoms with Gasteiger partial charge in [0.15, 0.2) is 0 Å². The SMILES string of the molecule is Cc1ccc(CC(C)NCC(O)c2cc(Cl)ccc2Cl)s1. The number of thiophene rings is 1. The van der Waals surface area contributed by atoms with E-state index in [9.17, 15) is 5.11 Å². The number of hydrogen-bond donors (Lipinski definition) is 2. The summed E-state index contributed by atoms with van der Waals surface area (Å²) in [6.45, 7) is 4.67. The van der Waals surface area contributed by atoms with E-state index in [0.717, 1.165) is 6.42 Å². The Hall–Kier alpha value is -0.580. The van der Waals surface area contributed by atoms with Crippen LogP contribution in [0.2, 0.25) is 10.0 Å². The molecule has 0 fully saturated rings. The van der Waals surface area contributed by atoms with Crippen LogP contribution in [0.4, 0.5) is 0 Å². The zero-order valence-electron chi connectivity index (χ0n) is 12.1. The topological polar surface area (TPSA) is 32.3 Å². The van der Waals surface area contributed by atoms with Crippen LogP contribution in [0.3, 0.4) is 0 Å². The van der Waals surface area contributed by atoms with E-state index in [-0.39, 0.29) is 6.04 Å². The van der Waals surface area contributed by atoms with E-state index in [1.54, 1.807) is 18.2 Å². The van der Waals surface area contributed by atoms with Crippen molar-refractivity contribution in [1.82, 2.24) is 5.32 Å². The maximum atomic E-state index is 10.2. The first-order valence-corrected chi connectivity index (χ1v) is 8.44. The molecule has 2 rings (SSSR count). The molecule has 0 bridgehead atoms. The lowest BCUT2D eigenvalue weighted by Crippen LogP contribution is -2.31. The van der Waals surface area contributed by atoms with Crippen molar-refractivity contribution in [2.24, 2.45) is 0 Å². The second-order valence-electron chi connectivity index (χ2n) is 5.21. The van der Waals surface area contributed by atoms with Crippen LogP contribution in [0.15, 0.2) is 30.3 Å². The van der Waals surface area contributed by atoms with Crippen molar-refractivity contribution in [3.05, 3.63) is 55.7 Å². The van der Waals surface area contributed by atoms with Gasteiger partial charge in [-0.1, -0.05) is 23.2 Å². The summed E-state index contributed by atoms with van der Waals surface area (Å²) < 4.78 is 0. The van der Waals surface area contributed by atoms with Gasteiger partial charge < -0.3 is 10.4 Å². The van der Waals surface area contributed by atoms with Crippen molar-refractivity contribution in [2.75, 3.05) is 6.54 Å². The highest BCUT2D eigenvalue weighted by Gasteiger charge is 2.14. The van der Waals surface area contributed by atoms with Crippen LogP contribution in [-0.4, -0.2) is 17.7 Å². The fourth-order valence-corrected chi connectivity index (χ4v) is 3.60. The fourth-order valence-electron chi connectivity index (χ4n) is 2.16. The molecule has 2 atom stereocenters. The number of halogens is 2. The van der Waals surface area contributed by atoms with Crippen molar-refractivity contribution >= 4 is 34.5 Å². The standard InChI is InChI=1S/C16H19Cl2NOS/c1-10(7-13-5-3-11(2)21-13)19-9-16(20)14-8-12(17)4-6-15(14)18/h3-6,8,10,16,19-20H,7,9H2,1-2H3. The molecule has 2 aromatic rings. The molecule has 5 heteroatoms. The monoisotopic (exact) mass is 343 g/mol. The molecule has 2 N–H and O–H groups in total. The second-order valence-corrected chi connectivity index (χ2v) is 7.42. The van der Waals surface area contributed by atoms with Gasteiger partial charge in [0.1, 0.15) is 0 Å². The number of rotatable bonds is 6. The molecule has 2 nitrogen and oxygen atoms in total. The van der Waals surface area contributed by atoms with E-state index in [1.165, 1.54) is 9.75 Å². The van der Waals surface area contributed by atoms with Gasteiger partial charge in [-0.15, -0.1) is 11.3 Å². The van der Waals surface area contributed by atoms with Crippen molar-refractivity contribution < 1.29 is 5.11 Å². The van der Waals surface area contributed by atoms with E-state index < -0.39 is 6.10 Å². The largest absolute Gasteiger partial charge is 0.387 e. The molecular formula is C16H19Cl2NOS. The molecule has 114 valence electrons. The summed E-state index contributed by atoms with van der Waals surface area (Å²) in [7, 11) is 0. The van der Waals surface area contributed by atoms with Crippen LogP contribution in [0.1, 0.15) is 28.3 Å². The summed E-state index contributed by atoms with van der Waals surface area (Å²) >= 11 is 13.8. The number of aliphatic hydroxyl groups is 1. The van der Waals surface area contributed by atoms with E-state index in [0.29, 0.717) is 22.2 Å². The van der Waals surface area contributed by atoms with Crippen molar-refractivity contribution in [2.45, 2.75) is 32.4 Å². The van der Waals surface area contributed by atoms with E-state index in [4.69, 9.17) is 23.2 Å². The highest BCUT2D eigenvalue weighted by Crippen LogP contribution is 2.26. The van der Waals surface area contributed by atoms with Crippen molar-refractivity contribution in [1.29, 1.82) is 0 Å². The molecule has 0 spiro atoms. The third kappa shape index (κ3) is 4.97. The van der Waals surface area contributed by atoms with Crippen LogP contribution in [-0.2, 0) is 6.42 Å².